The zero-order chi connectivity index (χ0) is 24.9. The summed E-state index contributed by atoms with van der Waals surface area (Å²) in [5.41, 5.74) is 8.51. The summed E-state index contributed by atoms with van der Waals surface area (Å²) in [6.07, 6.45) is 5.83. The van der Waals surface area contributed by atoms with Gasteiger partial charge >= 0.3 is 0 Å². The molecule has 0 saturated carbocycles. The van der Waals surface area contributed by atoms with E-state index in [2.05, 4.69) is 10.3 Å². The Hall–Kier alpha value is -2.85. The first-order chi connectivity index (χ1) is 16.9. The molecule has 0 unspecified atom stereocenters. The van der Waals surface area contributed by atoms with E-state index in [1.165, 1.54) is 11.3 Å². The van der Waals surface area contributed by atoms with E-state index in [4.69, 9.17) is 34.0 Å². The van der Waals surface area contributed by atoms with Gasteiger partial charge in [0, 0.05) is 18.0 Å². The van der Waals surface area contributed by atoms with Crippen molar-refractivity contribution >= 4 is 58.1 Å². The van der Waals surface area contributed by atoms with Crippen LogP contribution in [-0.4, -0.2) is 44.6 Å². The molecular formula is C24H21Cl2N5O2S2. The number of pyridine rings is 1. The van der Waals surface area contributed by atoms with Gasteiger partial charge in [0.15, 0.2) is 0 Å². The molecule has 1 aromatic carbocycles. The quantitative estimate of drug-likeness (QED) is 0.296. The molecule has 3 aromatic heterocycles. The molecule has 0 aliphatic heterocycles. The predicted octanol–water partition coefficient (Wildman–Crippen LogP) is 5.31. The maximum absolute atomic E-state index is 12.9. The lowest BCUT2D eigenvalue weighted by atomic mass is 10.2. The number of hydrogen-bond acceptors (Lipinski definition) is 6. The molecule has 180 valence electrons. The van der Waals surface area contributed by atoms with Gasteiger partial charge in [-0.2, -0.15) is 16.9 Å². The van der Waals surface area contributed by atoms with Gasteiger partial charge < -0.3 is 11.1 Å². The molecule has 35 heavy (non-hydrogen) atoms. The molecule has 7 nitrogen and oxygen atoms in total. The van der Waals surface area contributed by atoms with E-state index in [-0.39, 0.29) is 5.91 Å². The summed E-state index contributed by atoms with van der Waals surface area (Å²) >= 11 is 15.3. The third-order valence-electron chi connectivity index (χ3n) is 5.16. The fourth-order valence-corrected chi connectivity index (χ4v) is 5.05. The second-order valence-corrected chi connectivity index (χ2v) is 10.4. The highest BCUT2D eigenvalue weighted by atomic mass is 35.5. The van der Waals surface area contributed by atoms with Gasteiger partial charge in [-0.1, -0.05) is 23.2 Å². The van der Waals surface area contributed by atoms with Crippen molar-refractivity contribution in [2.24, 2.45) is 5.73 Å². The SMILES string of the molecule is CSCC[C@H](NC(=O)c1ccc(-c2cc(-c3cccnc3)nn2-c2ccc(Cl)c(Cl)c2)s1)C(N)=O. The molecular weight excluding hydrogens is 525 g/mol. The summed E-state index contributed by atoms with van der Waals surface area (Å²) in [7, 11) is 0. The van der Waals surface area contributed by atoms with Crippen molar-refractivity contribution < 1.29 is 9.59 Å². The standard InChI is InChI=1S/C24H21Cl2N5O2S2/c1-34-10-8-18(23(27)32)29-24(33)22-7-6-21(35-22)20-12-19(14-3-2-9-28-13-14)30-31(20)15-4-5-16(25)17(26)11-15/h2-7,9,11-13,18H,8,10H2,1H3,(H2,27,32)(H,29,33)/t18-/m0/s1. The first-order valence-electron chi connectivity index (χ1n) is 10.5. The summed E-state index contributed by atoms with van der Waals surface area (Å²) in [5, 5.41) is 8.37. The second kappa shape index (κ2) is 11.3. The van der Waals surface area contributed by atoms with Crippen LogP contribution in [0.25, 0.3) is 27.5 Å². The summed E-state index contributed by atoms with van der Waals surface area (Å²) in [4.78, 5) is 30.1. The van der Waals surface area contributed by atoms with Crippen LogP contribution in [0.2, 0.25) is 10.0 Å². The Balaban J connectivity index is 1.70. The Morgan fingerprint density at radius 3 is 2.69 bits per heavy atom. The fourth-order valence-electron chi connectivity index (χ4n) is 3.37. The van der Waals surface area contributed by atoms with Crippen molar-refractivity contribution in [2.75, 3.05) is 12.0 Å². The lowest BCUT2D eigenvalue weighted by Gasteiger charge is -2.14. The monoisotopic (exact) mass is 545 g/mol. The minimum absolute atomic E-state index is 0.348. The van der Waals surface area contributed by atoms with Gasteiger partial charge in [0.25, 0.3) is 5.91 Å². The second-order valence-electron chi connectivity index (χ2n) is 7.54. The van der Waals surface area contributed by atoms with Crippen molar-refractivity contribution in [3.05, 3.63) is 75.8 Å². The van der Waals surface area contributed by atoms with Gasteiger partial charge in [-0.05, 0) is 67.0 Å². The van der Waals surface area contributed by atoms with Gasteiger partial charge in [-0.3, -0.25) is 14.6 Å². The highest BCUT2D eigenvalue weighted by Gasteiger charge is 2.21. The number of nitrogens with one attached hydrogen (secondary N) is 1. The number of nitrogens with zero attached hydrogens (tertiary/aromatic N) is 3. The van der Waals surface area contributed by atoms with Gasteiger partial charge in [0.2, 0.25) is 5.91 Å². The maximum Gasteiger partial charge on any atom is 0.262 e. The molecule has 0 bridgehead atoms. The van der Waals surface area contributed by atoms with Crippen LogP contribution in [0.3, 0.4) is 0 Å². The number of halogens is 2. The number of amides is 2. The number of thioether (sulfide) groups is 1. The van der Waals surface area contributed by atoms with Crippen LogP contribution in [-0.2, 0) is 4.79 Å². The van der Waals surface area contributed by atoms with Gasteiger partial charge in [-0.15, -0.1) is 11.3 Å². The van der Waals surface area contributed by atoms with Gasteiger partial charge in [-0.25, -0.2) is 4.68 Å². The number of nitrogens with two attached hydrogens (primary N) is 1. The van der Waals surface area contributed by atoms with E-state index in [0.29, 0.717) is 32.8 Å². The third-order valence-corrected chi connectivity index (χ3v) is 7.65. The number of aromatic nitrogens is 3. The summed E-state index contributed by atoms with van der Waals surface area (Å²) in [6, 6.07) is 13.8. The Bertz CT molecular complexity index is 1360. The normalized spacial score (nSPS) is 11.9. The number of carbonyl (C=O) groups is 2. The first-order valence-corrected chi connectivity index (χ1v) is 13.5. The van der Waals surface area contributed by atoms with E-state index in [1.807, 2.05) is 36.6 Å². The number of benzene rings is 1. The Kier molecular flexibility index (Phi) is 8.12. The number of rotatable bonds is 9. The van der Waals surface area contributed by atoms with Crippen LogP contribution < -0.4 is 11.1 Å². The molecule has 0 aliphatic rings. The molecule has 4 aromatic rings. The summed E-state index contributed by atoms with van der Waals surface area (Å²) in [5.74, 6) is -0.189. The molecule has 11 heteroatoms. The third kappa shape index (κ3) is 5.87. The van der Waals surface area contributed by atoms with Crippen molar-refractivity contribution in [1.29, 1.82) is 0 Å². The molecule has 3 N–H and O–H groups in total. The topological polar surface area (TPSA) is 103 Å². The number of primary amides is 1. The molecule has 0 aliphatic carbocycles. The molecule has 2 amide bonds. The van der Waals surface area contributed by atoms with Crippen LogP contribution >= 0.6 is 46.3 Å². The lowest BCUT2D eigenvalue weighted by molar-refractivity contribution is -0.119. The van der Waals surface area contributed by atoms with Crippen LogP contribution in [0.15, 0.2) is 60.9 Å². The zero-order valence-corrected chi connectivity index (χ0v) is 21.7. The molecule has 0 spiro atoms. The van der Waals surface area contributed by atoms with E-state index in [1.54, 1.807) is 47.0 Å². The molecule has 3 heterocycles. The average Bonchev–Trinajstić information content (AvgIpc) is 3.51. The summed E-state index contributed by atoms with van der Waals surface area (Å²) < 4.78 is 1.75. The number of thiophene rings is 1. The Labute approximate surface area is 220 Å². The molecule has 1 atom stereocenters. The molecule has 0 fully saturated rings. The fraction of sp³-hybridized carbons (Fsp3) is 0.167. The maximum atomic E-state index is 12.9. The number of carbonyl (C=O) groups excluding carboxylic acids is 2. The Morgan fingerprint density at radius 1 is 1.17 bits per heavy atom. The number of hydrogen-bond donors (Lipinski definition) is 2. The van der Waals surface area contributed by atoms with E-state index < -0.39 is 11.9 Å². The molecule has 0 radical (unpaired) electrons. The van der Waals surface area contributed by atoms with Crippen LogP contribution in [0.1, 0.15) is 16.1 Å². The first kappa shape index (κ1) is 25.2. The van der Waals surface area contributed by atoms with Crippen molar-refractivity contribution in [2.45, 2.75) is 12.5 Å². The van der Waals surface area contributed by atoms with E-state index in [0.717, 1.165) is 21.8 Å². The highest BCUT2D eigenvalue weighted by Crippen LogP contribution is 2.34. The zero-order valence-electron chi connectivity index (χ0n) is 18.6. The van der Waals surface area contributed by atoms with Crippen molar-refractivity contribution in [3.8, 4) is 27.5 Å². The van der Waals surface area contributed by atoms with Crippen LogP contribution in [0, 0.1) is 0 Å². The smallest absolute Gasteiger partial charge is 0.262 e. The highest BCUT2D eigenvalue weighted by molar-refractivity contribution is 7.98. The molecule has 0 saturated heterocycles. The molecule has 4 rings (SSSR count). The minimum atomic E-state index is -0.723. The minimum Gasteiger partial charge on any atom is -0.368 e. The Morgan fingerprint density at radius 2 is 2.00 bits per heavy atom. The van der Waals surface area contributed by atoms with E-state index >= 15 is 0 Å². The lowest BCUT2D eigenvalue weighted by Crippen LogP contribution is -2.44. The largest absolute Gasteiger partial charge is 0.368 e. The van der Waals surface area contributed by atoms with Gasteiger partial charge in [0.1, 0.15) is 6.04 Å². The average molecular weight is 547 g/mol. The van der Waals surface area contributed by atoms with Crippen molar-refractivity contribution in [1.82, 2.24) is 20.1 Å². The van der Waals surface area contributed by atoms with Crippen LogP contribution in [0.4, 0.5) is 0 Å². The van der Waals surface area contributed by atoms with Crippen LogP contribution in [0.5, 0.6) is 0 Å². The predicted molar refractivity (Wildman–Crippen MR) is 144 cm³/mol. The van der Waals surface area contributed by atoms with E-state index in [9.17, 15) is 9.59 Å². The van der Waals surface area contributed by atoms with Gasteiger partial charge in [0.05, 0.1) is 36.9 Å². The summed E-state index contributed by atoms with van der Waals surface area (Å²) in [6.45, 7) is 0. The van der Waals surface area contributed by atoms with Crippen molar-refractivity contribution in [3.63, 3.8) is 0 Å².